The number of fused-ring (bicyclic) bond motifs is 1. The van der Waals surface area contributed by atoms with Gasteiger partial charge in [0.05, 0.1) is 5.60 Å². The Bertz CT molecular complexity index is 681. The van der Waals surface area contributed by atoms with Crippen LogP contribution in [-0.2, 0) is 17.6 Å². The molecule has 4 atom stereocenters. The van der Waals surface area contributed by atoms with Crippen LogP contribution in [-0.4, -0.2) is 16.6 Å². The summed E-state index contributed by atoms with van der Waals surface area (Å²) in [7, 11) is 0. The van der Waals surface area contributed by atoms with E-state index in [1.165, 1.54) is 30.4 Å². The molecule has 2 unspecified atom stereocenters. The lowest BCUT2D eigenvalue weighted by molar-refractivity contribution is -0.167. The van der Waals surface area contributed by atoms with Gasteiger partial charge in [-0.05, 0) is 98.3 Å². The number of rotatable bonds is 3. The second-order valence-corrected chi connectivity index (χ2v) is 9.25. The number of hydrogen-bond acceptors (Lipinski definition) is 2. The monoisotopic (exact) mass is 325 g/mol. The van der Waals surface area contributed by atoms with E-state index < -0.39 is 5.60 Å². The number of benzene rings is 1. The first-order valence-electron chi connectivity index (χ1n) is 9.65. The number of aryl methyl sites for hydroxylation is 2. The lowest BCUT2D eigenvalue weighted by Crippen LogP contribution is -2.56. The third kappa shape index (κ3) is 2.48. The Balaban J connectivity index is 1.30. The van der Waals surface area contributed by atoms with Crippen LogP contribution < -0.4 is 5.32 Å². The van der Waals surface area contributed by atoms with Crippen LogP contribution in [0.15, 0.2) is 18.2 Å². The standard InChI is InChI=1S/C21H27NO2/c23-19(22-18-5-4-16-2-1-3-17(16)7-18)12-20-8-14-6-15(9-20)11-21(24,10-14)13-20/h4-5,7,14-15,24H,1-3,6,8-13H2,(H,22,23)/t14-,15+,20?,21?. The maximum absolute atomic E-state index is 12.7. The van der Waals surface area contributed by atoms with E-state index in [2.05, 4.69) is 23.5 Å². The molecule has 0 saturated heterocycles. The molecule has 4 fully saturated rings. The smallest absolute Gasteiger partial charge is 0.224 e. The van der Waals surface area contributed by atoms with Crippen LogP contribution in [0, 0.1) is 17.3 Å². The minimum Gasteiger partial charge on any atom is -0.390 e. The third-order valence-corrected chi connectivity index (χ3v) is 7.07. The van der Waals surface area contributed by atoms with Gasteiger partial charge in [-0.2, -0.15) is 0 Å². The molecular weight excluding hydrogens is 298 g/mol. The molecule has 0 heterocycles. The van der Waals surface area contributed by atoms with Gasteiger partial charge in [-0.3, -0.25) is 4.79 Å². The fourth-order valence-electron chi connectivity index (χ4n) is 6.80. The fourth-order valence-corrected chi connectivity index (χ4v) is 6.80. The predicted octanol–water partition coefficient (Wildman–Crippen LogP) is 3.84. The van der Waals surface area contributed by atoms with E-state index in [0.717, 1.165) is 44.2 Å². The molecule has 3 heteroatoms. The number of carbonyl (C=O) groups is 1. The summed E-state index contributed by atoms with van der Waals surface area (Å²) in [5.41, 5.74) is 3.37. The van der Waals surface area contributed by atoms with Crippen LogP contribution >= 0.6 is 0 Å². The summed E-state index contributed by atoms with van der Waals surface area (Å²) in [6, 6.07) is 6.38. The Labute approximate surface area is 143 Å². The Kier molecular flexibility index (Phi) is 3.16. The fraction of sp³-hybridized carbons (Fsp3) is 0.667. The summed E-state index contributed by atoms with van der Waals surface area (Å²) < 4.78 is 0. The van der Waals surface area contributed by atoms with Crippen LogP contribution in [0.2, 0.25) is 0 Å². The van der Waals surface area contributed by atoms with Crippen LogP contribution in [0.1, 0.15) is 62.5 Å². The highest BCUT2D eigenvalue weighted by atomic mass is 16.3. The van der Waals surface area contributed by atoms with Gasteiger partial charge in [0.2, 0.25) is 5.91 Å². The topological polar surface area (TPSA) is 49.3 Å². The molecule has 0 aliphatic heterocycles. The number of carbonyl (C=O) groups excluding carboxylic acids is 1. The Hall–Kier alpha value is -1.35. The van der Waals surface area contributed by atoms with Crippen molar-refractivity contribution in [1.29, 1.82) is 0 Å². The predicted molar refractivity (Wildman–Crippen MR) is 93.8 cm³/mol. The van der Waals surface area contributed by atoms with Gasteiger partial charge in [0.25, 0.3) is 0 Å². The highest BCUT2D eigenvalue weighted by molar-refractivity contribution is 5.91. The number of nitrogens with one attached hydrogen (secondary N) is 1. The van der Waals surface area contributed by atoms with Crippen molar-refractivity contribution in [3.8, 4) is 0 Å². The summed E-state index contributed by atoms with van der Waals surface area (Å²) in [6.07, 6.45) is 10.5. The SMILES string of the molecule is O=C(CC12C[C@@H]3C[C@@H](CC(O)(C3)C1)C2)Nc1ccc2c(c1)CCC2. The second kappa shape index (κ2) is 5.08. The van der Waals surface area contributed by atoms with Gasteiger partial charge in [-0.25, -0.2) is 0 Å². The summed E-state index contributed by atoms with van der Waals surface area (Å²) in [6.45, 7) is 0. The van der Waals surface area contributed by atoms with E-state index in [1.54, 1.807) is 0 Å². The molecule has 128 valence electrons. The lowest BCUT2D eigenvalue weighted by Gasteiger charge is -2.60. The molecule has 4 bridgehead atoms. The molecular formula is C21H27NO2. The highest BCUT2D eigenvalue weighted by Crippen LogP contribution is 2.62. The first-order chi connectivity index (χ1) is 11.5. The van der Waals surface area contributed by atoms with Gasteiger partial charge in [-0.1, -0.05) is 6.07 Å². The lowest BCUT2D eigenvalue weighted by atomic mass is 9.47. The number of amides is 1. The molecule has 24 heavy (non-hydrogen) atoms. The van der Waals surface area contributed by atoms with Crippen molar-refractivity contribution in [2.75, 3.05) is 5.32 Å². The molecule has 1 amide bonds. The number of hydrogen-bond donors (Lipinski definition) is 2. The molecule has 5 aliphatic carbocycles. The van der Waals surface area contributed by atoms with E-state index in [-0.39, 0.29) is 11.3 Å². The van der Waals surface area contributed by atoms with Crippen molar-refractivity contribution in [1.82, 2.24) is 0 Å². The molecule has 6 rings (SSSR count). The Morgan fingerprint density at radius 3 is 2.62 bits per heavy atom. The largest absolute Gasteiger partial charge is 0.390 e. The van der Waals surface area contributed by atoms with Gasteiger partial charge in [-0.15, -0.1) is 0 Å². The molecule has 0 aromatic heterocycles. The summed E-state index contributed by atoms with van der Waals surface area (Å²) >= 11 is 0. The van der Waals surface area contributed by atoms with Crippen LogP contribution in [0.4, 0.5) is 5.69 Å². The zero-order valence-corrected chi connectivity index (χ0v) is 14.3. The minimum atomic E-state index is -0.474. The van der Waals surface area contributed by atoms with Crippen molar-refractivity contribution < 1.29 is 9.90 Å². The summed E-state index contributed by atoms with van der Waals surface area (Å²) in [5, 5.41) is 14.0. The van der Waals surface area contributed by atoms with Crippen molar-refractivity contribution in [3.63, 3.8) is 0 Å². The van der Waals surface area contributed by atoms with Crippen LogP contribution in [0.3, 0.4) is 0 Å². The van der Waals surface area contributed by atoms with Crippen molar-refractivity contribution in [2.24, 2.45) is 17.3 Å². The maximum Gasteiger partial charge on any atom is 0.224 e. The molecule has 3 nitrogen and oxygen atoms in total. The molecule has 2 N–H and O–H groups in total. The Morgan fingerprint density at radius 1 is 1.12 bits per heavy atom. The first-order valence-corrected chi connectivity index (χ1v) is 9.65. The molecule has 1 aromatic rings. The van der Waals surface area contributed by atoms with Gasteiger partial charge >= 0.3 is 0 Å². The quantitative estimate of drug-likeness (QED) is 0.887. The summed E-state index contributed by atoms with van der Waals surface area (Å²) in [4.78, 5) is 12.7. The maximum atomic E-state index is 12.7. The first kappa shape index (κ1) is 14.9. The summed E-state index contributed by atoms with van der Waals surface area (Å²) in [5.74, 6) is 1.42. The van der Waals surface area contributed by atoms with E-state index in [9.17, 15) is 9.90 Å². The molecule has 1 aromatic carbocycles. The number of anilines is 1. The van der Waals surface area contributed by atoms with Gasteiger partial charge in [0.15, 0.2) is 0 Å². The average molecular weight is 325 g/mol. The highest BCUT2D eigenvalue weighted by Gasteiger charge is 2.57. The van der Waals surface area contributed by atoms with E-state index in [1.807, 2.05) is 0 Å². The van der Waals surface area contributed by atoms with Gasteiger partial charge < -0.3 is 10.4 Å². The zero-order chi connectivity index (χ0) is 16.4. The van der Waals surface area contributed by atoms with Crippen molar-refractivity contribution >= 4 is 11.6 Å². The second-order valence-electron chi connectivity index (χ2n) is 9.25. The van der Waals surface area contributed by atoms with Crippen molar-refractivity contribution in [2.45, 2.75) is 69.8 Å². The Morgan fingerprint density at radius 2 is 1.88 bits per heavy atom. The zero-order valence-electron chi connectivity index (χ0n) is 14.3. The van der Waals surface area contributed by atoms with Gasteiger partial charge in [0, 0.05) is 12.1 Å². The van der Waals surface area contributed by atoms with Gasteiger partial charge in [0.1, 0.15) is 0 Å². The molecule has 0 radical (unpaired) electrons. The molecule has 0 spiro atoms. The van der Waals surface area contributed by atoms with Crippen LogP contribution in [0.25, 0.3) is 0 Å². The minimum absolute atomic E-state index is 0.0552. The average Bonchev–Trinajstić information content (AvgIpc) is 2.91. The third-order valence-electron chi connectivity index (χ3n) is 7.07. The van der Waals surface area contributed by atoms with Crippen molar-refractivity contribution in [3.05, 3.63) is 29.3 Å². The van der Waals surface area contributed by atoms with E-state index in [0.29, 0.717) is 18.3 Å². The van der Waals surface area contributed by atoms with E-state index in [4.69, 9.17) is 0 Å². The van der Waals surface area contributed by atoms with Crippen LogP contribution in [0.5, 0.6) is 0 Å². The van der Waals surface area contributed by atoms with E-state index >= 15 is 0 Å². The molecule has 5 aliphatic rings. The molecule has 4 saturated carbocycles. The normalized spacial score (nSPS) is 39.0. The number of aliphatic hydroxyl groups is 1.